The summed E-state index contributed by atoms with van der Waals surface area (Å²) >= 11 is 0. The van der Waals surface area contributed by atoms with Crippen LogP contribution in [0.5, 0.6) is 0 Å². The van der Waals surface area contributed by atoms with Crippen LogP contribution in [0.25, 0.3) is 0 Å². The van der Waals surface area contributed by atoms with Gasteiger partial charge in [-0.1, -0.05) is 37.1 Å². The maximum atomic E-state index is 12.3. The Balaban J connectivity index is 1.60. The Morgan fingerprint density at radius 2 is 1.65 bits per heavy atom. The van der Waals surface area contributed by atoms with Crippen LogP contribution < -0.4 is 5.73 Å². The molecule has 1 heterocycles. The molecule has 0 atom stereocenters. The van der Waals surface area contributed by atoms with E-state index in [1.165, 1.54) is 18.4 Å². The number of rotatable bonds is 3. The van der Waals surface area contributed by atoms with E-state index in [-0.39, 0.29) is 11.4 Å². The first-order chi connectivity index (χ1) is 9.67. The number of carbonyl (C=O) groups excluding carboxylic acids is 1. The van der Waals surface area contributed by atoms with E-state index in [0.717, 1.165) is 44.3 Å². The molecule has 3 heteroatoms. The van der Waals surface area contributed by atoms with Gasteiger partial charge in [-0.3, -0.25) is 4.79 Å². The number of hydrogen-bond acceptors (Lipinski definition) is 2. The van der Waals surface area contributed by atoms with Crippen molar-refractivity contribution in [3.05, 3.63) is 35.4 Å². The van der Waals surface area contributed by atoms with Crippen molar-refractivity contribution >= 4 is 5.91 Å². The predicted octanol–water partition coefficient (Wildman–Crippen LogP) is 2.58. The molecule has 0 unspecified atom stereocenters. The van der Waals surface area contributed by atoms with Crippen molar-refractivity contribution in [2.75, 3.05) is 13.1 Å². The van der Waals surface area contributed by atoms with Gasteiger partial charge in [0.25, 0.3) is 0 Å². The fraction of sp³-hybridized carbons (Fsp3) is 0.588. The van der Waals surface area contributed by atoms with Crippen molar-refractivity contribution in [1.29, 1.82) is 0 Å². The van der Waals surface area contributed by atoms with Crippen molar-refractivity contribution in [3.63, 3.8) is 0 Å². The number of likely N-dealkylation sites (tertiary alicyclic amines) is 1. The van der Waals surface area contributed by atoms with Crippen LogP contribution in [0.15, 0.2) is 24.3 Å². The van der Waals surface area contributed by atoms with Crippen LogP contribution in [0.4, 0.5) is 0 Å². The minimum Gasteiger partial charge on any atom is -0.342 e. The number of benzene rings is 1. The van der Waals surface area contributed by atoms with Crippen molar-refractivity contribution in [1.82, 2.24) is 4.90 Å². The highest BCUT2D eigenvalue weighted by molar-refractivity contribution is 5.78. The molecule has 1 aliphatic carbocycles. The summed E-state index contributed by atoms with van der Waals surface area (Å²) in [4.78, 5) is 14.3. The topological polar surface area (TPSA) is 46.3 Å². The van der Waals surface area contributed by atoms with Gasteiger partial charge in [0, 0.05) is 18.6 Å². The predicted molar refractivity (Wildman–Crippen MR) is 80.3 cm³/mol. The minimum absolute atomic E-state index is 0.0761. The average Bonchev–Trinajstić information content (AvgIpc) is 3.23. The highest BCUT2D eigenvalue weighted by Crippen LogP contribution is 2.42. The van der Waals surface area contributed by atoms with Gasteiger partial charge in [-0.15, -0.1) is 0 Å². The zero-order valence-corrected chi connectivity index (χ0v) is 12.1. The molecule has 1 aromatic rings. The average molecular weight is 272 g/mol. The van der Waals surface area contributed by atoms with Crippen LogP contribution in [0.1, 0.15) is 49.7 Å². The van der Waals surface area contributed by atoms with Gasteiger partial charge in [-0.05, 0) is 36.8 Å². The van der Waals surface area contributed by atoms with Crippen molar-refractivity contribution in [2.24, 2.45) is 5.73 Å². The summed E-state index contributed by atoms with van der Waals surface area (Å²) in [5, 5.41) is 0. The molecule has 2 fully saturated rings. The molecule has 3 nitrogen and oxygen atoms in total. The zero-order valence-electron chi connectivity index (χ0n) is 12.1. The first kappa shape index (κ1) is 13.6. The molecule has 108 valence electrons. The molecule has 2 N–H and O–H groups in total. The van der Waals surface area contributed by atoms with Crippen LogP contribution in [-0.2, 0) is 16.8 Å². The minimum atomic E-state index is -0.0761. The molecule has 2 aliphatic rings. The maximum absolute atomic E-state index is 12.3. The molecule has 3 rings (SSSR count). The van der Waals surface area contributed by atoms with Gasteiger partial charge in [0.15, 0.2) is 0 Å². The second-order valence-electron chi connectivity index (χ2n) is 6.32. The lowest BCUT2D eigenvalue weighted by molar-refractivity contribution is -0.130. The van der Waals surface area contributed by atoms with Crippen molar-refractivity contribution in [2.45, 2.75) is 50.5 Å². The smallest absolute Gasteiger partial charge is 0.226 e. The molecule has 1 amide bonds. The molecule has 0 bridgehead atoms. The molecule has 1 aromatic carbocycles. The van der Waals surface area contributed by atoms with Crippen LogP contribution in [0.3, 0.4) is 0 Å². The molecule has 1 saturated carbocycles. The van der Waals surface area contributed by atoms with E-state index in [1.54, 1.807) is 0 Å². The number of carbonyl (C=O) groups is 1. The van der Waals surface area contributed by atoms with E-state index in [1.807, 2.05) is 4.90 Å². The summed E-state index contributed by atoms with van der Waals surface area (Å²) in [7, 11) is 0. The summed E-state index contributed by atoms with van der Waals surface area (Å²) in [6.07, 6.45) is 7.52. The van der Waals surface area contributed by atoms with Gasteiger partial charge in [-0.2, -0.15) is 0 Å². The first-order valence-corrected chi connectivity index (χ1v) is 7.83. The summed E-state index contributed by atoms with van der Waals surface area (Å²) < 4.78 is 0. The van der Waals surface area contributed by atoms with E-state index >= 15 is 0 Å². The standard InChI is InChI=1S/C17H24N2O/c18-17(9-10-17)15-7-5-14(6-8-15)13-16(20)19-11-3-1-2-4-12-19/h5-8H,1-4,9-13,18H2. The molecule has 20 heavy (non-hydrogen) atoms. The number of hydrogen-bond donors (Lipinski definition) is 1. The normalized spacial score (nSPS) is 21.4. The maximum Gasteiger partial charge on any atom is 0.226 e. The lowest BCUT2D eigenvalue weighted by Gasteiger charge is -2.20. The van der Waals surface area contributed by atoms with E-state index in [4.69, 9.17) is 5.73 Å². The van der Waals surface area contributed by atoms with Crippen molar-refractivity contribution in [3.8, 4) is 0 Å². The third kappa shape index (κ3) is 3.04. The Morgan fingerprint density at radius 3 is 2.20 bits per heavy atom. The van der Waals surface area contributed by atoms with Crippen LogP contribution >= 0.6 is 0 Å². The van der Waals surface area contributed by atoms with E-state index in [9.17, 15) is 4.79 Å². The van der Waals surface area contributed by atoms with Gasteiger partial charge in [0.2, 0.25) is 5.91 Å². The monoisotopic (exact) mass is 272 g/mol. The Bertz CT molecular complexity index is 468. The molecule has 0 spiro atoms. The second kappa shape index (κ2) is 5.57. The number of amides is 1. The fourth-order valence-corrected chi connectivity index (χ4v) is 2.98. The van der Waals surface area contributed by atoms with E-state index < -0.39 is 0 Å². The van der Waals surface area contributed by atoms with Gasteiger partial charge in [0.05, 0.1) is 6.42 Å². The Morgan fingerprint density at radius 1 is 1.05 bits per heavy atom. The summed E-state index contributed by atoms with van der Waals surface area (Å²) in [5.74, 6) is 0.272. The number of nitrogens with zero attached hydrogens (tertiary/aromatic N) is 1. The lowest BCUT2D eigenvalue weighted by Crippen LogP contribution is -2.33. The van der Waals surface area contributed by atoms with Crippen LogP contribution in [-0.4, -0.2) is 23.9 Å². The number of nitrogens with two attached hydrogens (primary N) is 1. The summed E-state index contributed by atoms with van der Waals surface area (Å²) in [6.45, 7) is 1.87. The SMILES string of the molecule is NC1(c2ccc(CC(=O)N3CCCCCC3)cc2)CC1. The molecule has 0 radical (unpaired) electrons. The lowest BCUT2D eigenvalue weighted by atomic mass is 10.0. The van der Waals surface area contributed by atoms with Gasteiger partial charge in [0.1, 0.15) is 0 Å². The fourth-order valence-electron chi connectivity index (χ4n) is 2.98. The first-order valence-electron chi connectivity index (χ1n) is 7.83. The van der Waals surface area contributed by atoms with Crippen LogP contribution in [0, 0.1) is 0 Å². The van der Waals surface area contributed by atoms with Gasteiger partial charge in [-0.25, -0.2) is 0 Å². The highest BCUT2D eigenvalue weighted by atomic mass is 16.2. The molecular formula is C17H24N2O. The van der Waals surface area contributed by atoms with E-state index in [0.29, 0.717) is 6.42 Å². The molecule has 1 aliphatic heterocycles. The second-order valence-corrected chi connectivity index (χ2v) is 6.32. The molecule has 0 aromatic heterocycles. The Kier molecular flexibility index (Phi) is 3.79. The van der Waals surface area contributed by atoms with Gasteiger partial charge >= 0.3 is 0 Å². The third-order valence-electron chi connectivity index (χ3n) is 4.63. The van der Waals surface area contributed by atoms with Gasteiger partial charge < -0.3 is 10.6 Å². The largest absolute Gasteiger partial charge is 0.342 e. The highest BCUT2D eigenvalue weighted by Gasteiger charge is 2.39. The summed E-state index contributed by atoms with van der Waals surface area (Å²) in [6, 6.07) is 8.33. The Hall–Kier alpha value is -1.35. The molecular weight excluding hydrogens is 248 g/mol. The van der Waals surface area contributed by atoms with E-state index in [2.05, 4.69) is 24.3 Å². The van der Waals surface area contributed by atoms with Crippen LogP contribution in [0.2, 0.25) is 0 Å². The zero-order chi connectivity index (χ0) is 14.0. The third-order valence-corrected chi connectivity index (χ3v) is 4.63. The van der Waals surface area contributed by atoms with Crippen molar-refractivity contribution < 1.29 is 4.79 Å². The quantitative estimate of drug-likeness (QED) is 0.919. The molecule has 1 saturated heterocycles. The Labute approximate surface area is 121 Å². The summed E-state index contributed by atoms with van der Waals surface area (Å²) in [5.41, 5.74) is 8.42.